The average Bonchev–Trinajstić information content (AvgIpc) is 3.20. The molecule has 6 heteroatoms. The van der Waals surface area contributed by atoms with Gasteiger partial charge in [-0.15, -0.1) is 10.2 Å². The maximum atomic E-state index is 12.7. The largest absolute Gasteiger partial charge is 0.298 e. The van der Waals surface area contributed by atoms with E-state index in [4.69, 9.17) is 11.6 Å². The number of aromatic nitrogens is 3. The first-order valence-electron chi connectivity index (χ1n) is 10.8. The Morgan fingerprint density at radius 2 is 1.58 bits per heavy atom. The van der Waals surface area contributed by atoms with E-state index in [2.05, 4.69) is 71.9 Å². The molecule has 0 aliphatic carbocycles. The fourth-order valence-corrected chi connectivity index (χ4v) is 4.44. The summed E-state index contributed by atoms with van der Waals surface area (Å²) in [6.07, 6.45) is 0. The molecule has 168 valence electrons. The van der Waals surface area contributed by atoms with Crippen molar-refractivity contribution in [2.45, 2.75) is 37.9 Å². The van der Waals surface area contributed by atoms with E-state index >= 15 is 0 Å². The van der Waals surface area contributed by atoms with Gasteiger partial charge in [0.25, 0.3) is 0 Å². The summed E-state index contributed by atoms with van der Waals surface area (Å²) in [5.41, 5.74) is 4.14. The summed E-state index contributed by atoms with van der Waals surface area (Å²) in [5, 5.41) is 10.3. The zero-order valence-corrected chi connectivity index (χ0v) is 20.5. The number of hydrogen-bond donors (Lipinski definition) is 0. The van der Waals surface area contributed by atoms with Crippen molar-refractivity contribution >= 4 is 29.1 Å². The molecule has 0 N–H and O–H groups in total. The number of benzene rings is 3. The van der Waals surface area contributed by atoms with Gasteiger partial charge in [-0.2, -0.15) is 0 Å². The molecular weight excluding hydrogens is 450 g/mol. The van der Waals surface area contributed by atoms with Crippen LogP contribution in [-0.2, 0) is 12.0 Å². The van der Waals surface area contributed by atoms with Crippen molar-refractivity contribution in [2.75, 3.05) is 5.75 Å². The van der Waals surface area contributed by atoms with Crippen LogP contribution in [0.25, 0.3) is 11.4 Å². The number of Topliss-reactive ketones (excluding diaryl/α,β-unsaturated/α-hetero) is 1. The second-order valence-electron chi connectivity index (χ2n) is 8.92. The van der Waals surface area contributed by atoms with Gasteiger partial charge in [-0.05, 0) is 40.8 Å². The summed E-state index contributed by atoms with van der Waals surface area (Å²) in [6, 6.07) is 25.7. The second-order valence-corrected chi connectivity index (χ2v) is 10.3. The Labute approximate surface area is 204 Å². The van der Waals surface area contributed by atoms with Gasteiger partial charge in [0, 0.05) is 16.1 Å². The van der Waals surface area contributed by atoms with Gasteiger partial charge in [0.2, 0.25) is 0 Å². The SMILES string of the molecule is CC(C)(C)c1ccc(-c2nnc(SCC(=O)c3ccc(Cl)cc3)n2Cc2ccccc2)cc1. The first-order valence-corrected chi connectivity index (χ1v) is 12.2. The van der Waals surface area contributed by atoms with Gasteiger partial charge in [0.05, 0.1) is 12.3 Å². The topological polar surface area (TPSA) is 47.8 Å². The number of halogens is 1. The molecule has 0 saturated heterocycles. The number of carbonyl (C=O) groups excluding carboxylic acids is 1. The Kier molecular flexibility index (Phi) is 7.01. The van der Waals surface area contributed by atoms with E-state index in [1.807, 2.05) is 18.2 Å². The monoisotopic (exact) mass is 475 g/mol. The van der Waals surface area contributed by atoms with Gasteiger partial charge in [-0.1, -0.05) is 98.7 Å². The van der Waals surface area contributed by atoms with Gasteiger partial charge in [-0.25, -0.2) is 0 Å². The van der Waals surface area contributed by atoms with Crippen LogP contribution >= 0.6 is 23.4 Å². The summed E-state index contributed by atoms with van der Waals surface area (Å²) in [6.45, 7) is 7.23. The summed E-state index contributed by atoms with van der Waals surface area (Å²) in [7, 11) is 0. The lowest BCUT2D eigenvalue weighted by atomic mass is 9.87. The molecule has 1 heterocycles. The molecule has 0 saturated carbocycles. The van der Waals surface area contributed by atoms with Gasteiger partial charge < -0.3 is 0 Å². The zero-order valence-electron chi connectivity index (χ0n) is 19.0. The molecule has 0 bridgehead atoms. The van der Waals surface area contributed by atoms with Crippen LogP contribution in [0.15, 0.2) is 84.0 Å². The minimum absolute atomic E-state index is 0.0296. The molecule has 0 spiro atoms. The molecule has 4 rings (SSSR count). The summed E-state index contributed by atoms with van der Waals surface area (Å²) in [5.74, 6) is 1.10. The number of hydrogen-bond acceptors (Lipinski definition) is 4. The predicted molar refractivity (Wildman–Crippen MR) is 136 cm³/mol. The Balaban J connectivity index is 1.62. The number of ketones is 1. The van der Waals surface area contributed by atoms with Gasteiger partial charge in [-0.3, -0.25) is 9.36 Å². The van der Waals surface area contributed by atoms with Crippen LogP contribution in [0.3, 0.4) is 0 Å². The van der Waals surface area contributed by atoms with Crippen molar-refractivity contribution < 1.29 is 4.79 Å². The van der Waals surface area contributed by atoms with Crippen molar-refractivity contribution in [3.63, 3.8) is 0 Å². The molecule has 1 aromatic heterocycles. The second kappa shape index (κ2) is 9.94. The van der Waals surface area contributed by atoms with Crippen LogP contribution in [0.2, 0.25) is 5.02 Å². The highest BCUT2D eigenvalue weighted by molar-refractivity contribution is 7.99. The van der Waals surface area contributed by atoms with Gasteiger partial charge >= 0.3 is 0 Å². The fraction of sp³-hybridized carbons (Fsp3) is 0.222. The maximum absolute atomic E-state index is 12.7. The van der Waals surface area contributed by atoms with E-state index in [1.165, 1.54) is 17.3 Å². The molecular formula is C27H26ClN3OS. The number of nitrogens with zero attached hydrogens (tertiary/aromatic N) is 3. The highest BCUT2D eigenvalue weighted by Crippen LogP contribution is 2.29. The number of rotatable bonds is 7. The standard InChI is InChI=1S/C27H26ClN3OS/c1-27(2,3)22-13-9-21(10-14-22)25-29-30-26(31(25)17-19-7-5-4-6-8-19)33-18-24(32)20-11-15-23(28)16-12-20/h4-16H,17-18H2,1-3H3. The van der Waals surface area contributed by atoms with Crippen LogP contribution in [0, 0.1) is 0 Å². The van der Waals surface area contributed by atoms with Crippen LogP contribution in [0.5, 0.6) is 0 Å². The van der Waals surface area contributed by atoms with Crippen molar-refractivity contribution in [3.8, 4) is 11.4 Å². The molecule has 4 nitrogen and oxygen atoms in total. The van der Waals surface area contributed by atoms with E-state index in [1.54, 1.807) is 24.3 Å². The minimum atomic E-state index is 0.0296. The Hall–Kier alpha value is -2.89. The van der Waals surface area contributed by atoms with E-state index in [0.29, 0.717) is 17.1 Å². The van der Waals surface area contributed by atoms with Gasteiger partial charge in [0.1, 0.15) is 0 Å². The predicted octanol–water partition coefficient (Wildman–Crippen LogP) is 6.92. The van der Waals surface area contributed by atoms with Crippen molar-refractivity contribution in [2.24, 2.45) is 0 Å². The van der Waals surface area contributed by atoms with Crippen LogP contribution in [0.1, 0.15) is 42.3 Å². The lowest BCUT2D eigenvalue weighted by molar-refractivity contribution is 0.102. The summed E-state index contributed by atoms with van der Waals surface area (Å²) >= 11 is 7.35. The molecule has 4 aromatic rings. The van der Waals surface area contributed by atoms with E-state index in [-0.39, 0.29) is 17.0 Å². The Bertz CT molecular complexity index is 1230. The van der Waals surface area contributed by atoms with Gasteiger partial charge in [0.15, 0.2) is 16.8 Å². The third-order valence-electron chi connectivity index (χ3n) is 5.41. The maximum Gasteiger partial charge on any atom is 0.192 e. The molecule has 0 radical (unpaired) electrons. The van der Waals surface area contributed by atoms with E-state index in [9.17, 15) is 4.79 Å². The molecule has 33 heavy (non-hydrogen) atoms. The average molecular weight is 476 g/mol. The van der Waals surface area contributed by atoms with E-state index in [0.717, 1.165) is 22.1 Å². The highest BCUT2D eigenvalue weighted by atomic mass is 35.5. The van der Waals surface area contributed by atoms with Crippen molar-refractivity contribution in [1.29, 1.82) is 0 Å². The molecule has 0 aliphatic rings. The molecule has 0 fully saturated rings. The van der Waals surface area contributed by atoms with E-state index < -0.39 is 0 Å². The first-order chi connectivity index (χ1) is 15.8. The summed E-state index contributed by atoms with van der Waals surface area (Å²) < 4.78 is 2.08. The molecule has 3 aromatic carbocycles. The fourth-order valence-electron chi connectivity index (χ4n) is 3.49. The lowest BCUT2D eigenvalue weighted by Gasteiger charge is -2.19. The smallest absolute Gasteiger partial charge is 0.192 e. The van der Waals surface area contributed by atoms with Crippen LogP contribution in [0.4, 0.5) is 0 Å². The zero-order chi connectivity index (χ0) is 23.4. The quantitative estimate of drug-likeness (QED) is 0.215. The Morgan fingerprint density at radius 1 is 0.909 bits per heavy atom. The van der Waals surface area contributed by atoms with Crippen LogP contribution < -0.4 is 0 Å². The number of carbonyl (C=O) groups is 1. The van der Waals surface area contributed by atoms with Crippen molar-refractivity contribution in [3.05, 3.63) is 101 Å². The highest BCUT2D eigenvalue weighted by Gasteiger charge is 2.18. The minimum Gasteiger partial charge on any atom is -0.298 e. The molecule has 0 amide bonds. The summed E-state index contributed by atoms with van der Waals surface area (Å²) in [4.78, 5) is 12.7. The number of thioether (sulfide) groups is 1. The molecule has 0 unspecified atom stereocenters. The van der Waals surface area contributed by atoms with Crippen LogP contribution in [-0.4, -0.2) is 26.3 Å². The Morgan fingerprint density at radius 3 is 2.21 bits per heavy atom. The third kappa shape index (κ3) is 5.73. The third-order valence-corrected chi connectivity index (χ3v) is 6.63. The normalized spacial score (nSPS) is 11.5. The molecule has 0 atom stereocenters. The first kappa shape index (κ1) is 23.3. The molecule has 0 aliphatic heterocycles. The lowest BCUT2D eigenvalue weighted by Crippen LogP contribution is -2.10. The van der Waals surface area contributed by atoms with Crippen molar-refractivity contribution in [1.82, 2.24) is 14.8 Å².